The van der Waals surface area contributed by atoms with Crippen molar-refractivity contribution in [1.82, 2.24) is 15.3 Å². The van der Waals surface area contributed by atoms with Crippen LogP contribution in [-0.4, -0.2) is 42.3 Å². The molecule has 0 saturated carbocycles. The third-order valence-corrected chi connectivity index (χ3v) is 3.54. The van der Waals surface area contributed by atoms with Gasteiger partial charge >= 0.3 is 6.03 Å². The summed E-state index contributed by atoms with van der Waals surface area (Å²) in [4.78, 5) is 22.4. The third-order valence-electron chi connectivity index (χ3n) is 3.54. The van der Waals surface area contributed by atoms with E-state index >= 15 is 0 Å². The van der Waals surface area contributed by atoms with E-state index in [1.54, 1.807) is 30.7 Å². The summed E-state index contributed by atoms with van der Waals surface area (Å²) in [6, 6.07) is 7.16. The maximum Gasteiger partial charge on any atom is 0.319 e. The number of morpholine rings is 1. The van der Waals surface area contributed by atoms with E-state index in [0.29, 0.717) is 12.2 Å². The molecule has 23 heavy (non-hydrogen) atoms. The first-order valence-electron chi connectivity index (χ1n) is 7.54. The Balaban J connectivity index is 1.49. The highest BCUT2D eigenvalue weighted by atomic mass is 16.5. The van der Waals surface area contributed by atoms with Crippen LogP contribution in [-0.2, 0) is 11.3 Å². The first-order chi connectivity index (χ1) is 11.3. The molecule has 0 atom stereocenters. The van der Waals surface area contributed by atoms with Crippen LogP contribution in [0.25, 0.3) is 0 Å². The van der Waals surface area contributed by atoms with Crippen molar-refractivity contribution in [3.63, 3.8) is 0 Å². The van der Waals surface area contributed by atoms with Gasteiger partial charge in [-0.25, -0.2) is 9.78 Å². The summed E-state index contributed by atoms with van der Waals surface area (Å²) in [5, 5.41) is 5.55. The number of hydrogen-bond donors (Lipinski definition) is 2. The van der Waals surface area contributed by atoms with Crippen molar-refractivity contribution in [3.8, 4) is 0 Å². The molecule has 0 unspecified atom stereocenters. The zero-order chi connectivity index (χ0) is 15.9. The molecule has 120 valence electrons. The maximum absolute atomic E-state index is 11.8. The number of aromatic nitrogens is 2. The van der Waals surface area contributed by atoms with E-state index in [1.807, 2.05) is 12.1 Å². The molecule has 0 bridgehead atoms. The van der Waals surface area contributed by atoms with Gasteiger partial charge in [0.2, 0.25) is 0 Å². The van der Waals surface area contributed by atoms with Crippen LogP contribution in [0.1, 0.15) is 5.56 Å². The van der Waals surface area contributed by atoms with Gasteiger partial charge in [-0.1, -0.05) is 6.07 Å². The fourth-order valence-electron chi connectivity index (χ4n) is 2.29. The van der Waals surface area contributed by atoms with Gasteiger partial charge in [-0.3, -0.25) is 4.98 Å². The molecule has 0 aromatic carbocycles. The Morgan fingerprint density at radius 1 is 1.17 bits per heavy atom. The molecule has 2 aromatic heterocycles. The molecule has 0 aliphatic carbocycles. The summed E-state index contributed by atoms with van der Waals surface area (Å²) in [5.74, 6) is 0.943. The van der Waals surface area contributed by atoms with Crippen molar-refractivity contribution in [3.05, 3.63) is 48.4 Å². The van der Waals surface area contributed by atoms with E-state index in [4.69, 9.17) is 4.74 Å². The number of pyridine rings is 2. The summed E-state index contributed by atoms with van der Waals surface area (Å²) in [6.07, 6.45) is 5.05. The summed E-state index contributed by atoms with van der Waals surface area (Å²) in [5.41, 5.74) is 1.66. The molecule has 1 saturated heterocycles. The predicted octanol–water partition coefficient (Wildman–Crippen LogP) is 1.63. The number of hydrogen-bond acceptors (Lipinski definition) is 5. The van der Waals surface area contributed by atoms with Crippen molar-refractivity contribution in [2.24, 2.45) is 0 Å². The number of carbonyl (C=O) groups excluding carboxylic acids is 1. The summed E-state index contributed by atoms with van der Waals surface area (Å²) < 4.78 is 5.33. The molecule has 3 heterocycles. The number of anilines is 2. The normalized spacial score (nSPS) is 14.3. The molecule has 1 aliphatic rings. The van der Waals surface area contributed by atoms with Gasteiger partial charge in [-0.2, -0.15) is 0 Å². The lowest BCUT2D eigenvalue weighted by atomic mass is 10.2. The number of ether oxygens (including phenoxy) is 1. The Hall–Kier alpha value is -2.67. The van der Waals surface area contributed by atoms with Crippen LogP contribution < -0.4 is 15.5 Å². The second-order valence-corrected chi connectivity index (χ2v) is 5.17. The predicted molar refractivity (Wildman–Crippen MR) is 87.4 cm³/mol. The third kappa shape index (κ3) is 4.40. The molecule has 7 nitrogen and oxygen atoms in total. The van der Waals surface area contributed by atoms with E-state index < -0.39 is 0 Å². The molecule has 1 fully saturated rings. The average Bonchev–Trinajstić information content (AvgIpc) is 2.62. The van der Waals surface area contributed by atoms with Gasteiger partial charge in [0.1, 0.15) is 5.82 Å². The number of nitrogens with zero attached hydrogens (tertiary/aromatic N) is 3. The number of rotatable bonds is 4. The molecular weight excluding hydrogens is 294 g/mol. The number of carbonyl (C=O) groups is 1. The molecule has 2 N–H and O–H groups in total. The monoisotopic (exact) mass is 313 g/mol. The first kappa shape index (κ1) is 15.2. The zero-order valence-corrected chi connectivity index (χ0v) is 12.7. The van der Waals surface area contributed by atoms with Gasteiger partial charge in [0, 0.05) is 43.9 Å². The lowest BCUT2D eigenvalue weighted by Crippen LogP contribution is -2.36. The average molecular weight is 313 g/mol. The Morgan fingerprint density at radius 3 is 2.65 bits per heavy atom. The summed E-state index contributed by atoms with van der Waals surface area (Å²) in [7, 11) is 0. The first-order valence-corrected chi connectivity index (χ1v) is 7.54. The fourth-order valence-corrected chi connectivity index (χ4v) is 2.29. The fraction of sp³-hybridized carbons (Fsp3) is 0.312. The highest BCUT2D eigenvalue weighted by molar-refractivity contribution is 5.88. The molecule has 2 aromatic rings. The van der Waals surface area contributed by atoms with E-state index in [1.165, 1.54) is 0 Å². The van der Waals surface area contributed by atoms with E-state index in [9.17, 15) is 4.79 Å². The van der Waals surface area contributed by atoms with Gasteiger partial charge in [0.05, 0.1) is 13.2 Å². The molecule has 3 rings (SSSR count). The SMILES string of the molecule is O=C(NCc1ccc(N2CCOCC2)nc1)Nc1ccncc1. The Labute approximate surface area is 134 Å². The van der Waals surface area contributed by atoms with Crippen LogP contribution in [0.4, 0.5) is 16.3 Å². The van der Waals surface area contributed by atoms with Crippen molar-refractivity contribution < 1.29 is 9.53 Å². The molecule has 0 spiro atoms. The van der Waals surface area contributed by atoms with Crippen LogP contribution in [0.15, 0.2) is 42.9 Å². The van der Waals surface area contributed by atoms with E-state index in [0.717, 1.165) is 37.7 Å². The minimum absolute atomic E-state index is 0.256. The van der Waals surface area contributed by atoms with Gasteiger partial charge in [-0.15, -0.1) is 0 Å². The molecular formula is C16H19N5O2. The van der Waals surface area contributed by atoms with Crippen molar-refractivity contribution >= 4 is 17.5 Å². The van der Waals surface area contributed by atoms with Gasteiger partial charge < -0.3 is 20.3 Å². The topological polar surface area (TPSA) is 79.4 Å². The molecule has 7 heteroatoms. The lowest BCUT2D eigenvalue weighted by Gasteiger charge is -2.27. The highest BCUT2D eigenvalue weighted by Crippen LogP contribution is 2.13. The molecule has 2 amide bonds. The smallest absolute Gasteiger partial charge is 0.319 e. The zero-order valence-electron chi connectivity index (χ0n) is 12.7. The minimum Gasteiger partial charge on any atom is -0.378 e. The van der Waals surface area contributed by atoms with E-state index in [-0.39, 0.29) is 6.03 Å². The van der Waals surface area contributed by atoms with Gasteiger partial charge in [0.25, 0.3) is 0 Å². The van der Waals surface area contributed by atoms with Crippen molar-refractivity contribution in [1.29, 1.82) is 0 Å². The van der Waals surface area contributed by atoms with Crippen molar-refractivity contribution in [2.45, 2.75) is 6.54 Å². The van der Waals surface area contributed by atoms with Gasteiger partial charge in [0.15, 0.2) is 0 Å². The van der Waals surface area contributed by atoms with Crippen LogP contribution in [0, 0.1) is 0 Å². The summed E-state index contributed by atoms with van der Waals surface area (Å²) >= 11 is 0. The lowest BCUT2D eigenvalue weighted by molar-refractivity contribution is 0.122. The number of urea groups is 1. The molecule has 1 aliphatic heterocycles. The summed E-state index contributed by atoms with van der Waals surface area (Å²) in [6.45, 7) is 3.62. The minimum atomic E-state index is -0.256. The van der Waals surface area contributed by atoms with Crippen LogP contribution in [0.5, 0.6) is 0 Å². The second-order valence-electron chi connectivity index (χ2n) is 5.17. The van der Waals surface area contributed by atoms with Crippen LogP contribution >= 0.6 is 0 Å². The number of amides is 2. The van der Waals surface area contributed by atoms with Crippen LogP contribution in [0.2, 0.25) is 0 Å². The van der Waals surface area contributed by atoms with Crippen molar-refractivity contribution in [2.75, 3.05) is 36.5 Å². The second kappa shape index (κ2) is 7.55. The Kier molecular flexibility index (Phi) is 5.00. The molecule has 0 radical (unpaired) electrons. The Bertz CT molecular complexity index is 627. The highest BCUT2D eigenvalue weighted by Gasteiger charge is 2.12. The maximum atomic E-state index is 11.8. The van der Waals surface area contributed by atoms with Crippen LogP contribution in [0.3, 0.4) is 0 Å². The standard InChI is InChI=1S/C16H19N5O2/c22-16(20-14-3-5-17-6-4-14)19-12-13-1-2-15(18-11-13)21-7-9-23-10-8-21/h1-6,11H,7-10,12H2,(H2,17,19,20,22). The quantitative estimate of drug-likeness (QED) is 0.897. The Morgan fingerprint density at radius 2 is 1.96 bits per heavy atom. The van der Waals surface area contributed by atoms with Gasteiger partial charge in [-0.05, 0) is 23.8 Å². The van der Waals surface area contributed by atoms with E-state index in [2.05, 4.69) is 25.5 Å². The largest absolute Gasteiger partial charge is 0.378 e. The number of nitrogens with one attached hydrogen (secondary N) is 2.